The summed E-state index contributed by atoms with van der Waals surface area (Å²) in [5, 5.41) is 1.46. The number of rotatable bonds is 8. The number of amides is 1. The van der Waals surface area contributed by atoms with E-state index in [1.807, 2.05) is 29.2 Å². The zero-order valence-electron chi connectivity index (χ0n) is 24.0. The van der Waals surface area contributed by atoms with Gasteiger partial charge in [0.1, 0.15) is 0 Å². The predicted molar refractivity (Wildman–Crippen MR) is 171 cm³/mol. The number of anilines is 1. The topological polar surface area (TPSA) is 49.3 Å². The molecule has 7 heteroatoms. The van der Waals surface area contributed by atoms with E-state index in [0.29, 0.717) is 17.9 Å². The molecule has 2 fully saturated rings. The number of likely N-dealkylation sites (tertiary alicyclic amines) is 1. The predicted octanol–water partition coefficient (Wildman–Crippen LogP) is 8.07. The van der Waals surface area contributed by atoms with Gasteiger partial charge in [0.2, 0.25) is 5.95 Å². The maximum absolute atomic E-state index is 14.1. The summed E-state index contributed by atoms with van der Waals surface area (Å²) < 4.78 is 0. The van der Waals surface area contributed by atoms with Gasteiger partial charge in [-0.3, -0.25) is 4.79 Å². The Bertz CT molecular complexity index is 1540. The highest BCUT2D eigenvalue weighted by Crippen LogP contribution is 2.35. The van der Waals surface area contributed by atoms with E-state index >= 15 is 0 Å². The molecule has 0 aliphatic carbocycles. The molecule has 0 radical (unpaired) electrons. The van der Waals surface area contributed by atoms with Crippen LogP contribution in [0, 0.1) is 6.92 Å². The van der Waals surface area contributed by atoms with E-state index < -0.39 is 0 Å². The van der Waals surface area contributed by atoms with Gasteiger partial charge in [-0.2, -0.15) is 0 Å². The molecule has 0 unspecified atom stereocenters. The SMILES string of the molecule is Cc1ccccc1CCc1nc(N2CCC[C@@H]2c2ccc(Cl)cc2)ncc1C(=O)N1CCC[C@@H]1Cc1ccc(Cl)cc1. The fourth-order valence-corrected chi connectivity index (χ4v) is 6.71. The van der Waals surface area contributed by atoms with Gasteiger partial charge in [-0.05, 0) is 98.4 Å². The number of halogens is 2. The van der Waals surface area contributed by atoms with Gasteiger partial charge in [0.15, 0.2) is 0 Å². The molecule has 0 bridgehead atoms. The van der Waals surface area contributed by atoms with Crippen LogP contribution in [0.1, 0.15) is 70.0 Å². The number of hydrogen-bond acceptors (Lipinski definition) is 4. The Balaban J connectivity index is 1.30. The Kier molecular flexibility index (Phi) is 8.78. The van der Waals surface area contributed by atoms with Crippen LogP contribution in [0.4, 0.5) is 5.95 Å². The molecular weight excluding hydrogens is 563 g/mol. The smallest absolute Gasteiger partial charge is 0.257 e. The first-order chi connectivity index (χ1) is 20.5. The van der Waals surface area contributed by atoms with E-state index in [2.05, 4.69) is 60.4 Å². The molecule has 3 heterocycles. The van der Waals surface area contributed by atoms with Crippen LogP contribution in [-0.2, 0) is 19.3 Å². The Morgan fingerprint density at radius 2 is 1.60 bits per heavy atom. The molecule has 42 heavy (non-hydrogen) atoms. The van der Waals surface area contributed by atoms with Gasteiger partial charge < -0.3 is 9.80 Å². The van der Waals surface area contributed by atoms with Gasteiger partial charge in [-0.1, -0.05) is 71.7 Å². The maximum Gasteiger partial charge on any atom is 0.257 e. The largest absolute Gasteiger partial charge is 0.335 e. The zero-order chi connectivity index (χ0) is 29.1. The highest BCUT2D eigenvalue weighted by molar-refractivity contribution is 6.30. The van der Waals surface area contributed by atoms with Crippen molar-refractivity contribution < 1.29 is 4.79 Å². The van der Waals surface area contributed by atoms with E-state index in [4.69, 9.17) is 33.2 Å². The molecule has 1 aromatic heterocycles. The third-order valence-electron chi connectivity index (χ3n) is 8.76. The van der Waals surface area contributed by atoms with Crippen LogP contribution in [0.2, 0.25) is 10.0 Å². The van der Waals surface area contributed by atoms with Gasteiger partial charge in [-0.25, -0.2) is 9.97 Å². The molecule has 0 spiro atoms. The summed E-state index contributed by atoms with van der Waals surface area (Å²) >= 11 is 12.3. The molecule has 2 saturated heterocycles. The van der Waals surface area contributed by atoms with E-state index in [-0.39, 0.29) is 18.0 Å². The van der Waals surface area contributed by atoms with Crippen LogP contribution in [0.3, 0.4) is 0 Å². The highest BCUT2D eigenvalue weighted by atomic mass is 35.5. The quantitative estimate of drug-likeness (QED) is 0.206. The third-order valence-corrected chi connectivity index (χ3v) is 9.27. The minimum atomic E-state index is 0.0356. The molecule has 5 nitrogen and oxygen atoms in total. The Labute approximate surface area is 258 Å². The summed E-state index contributed by atoms with van der Waals surface area (Å²) in [5.74, 6) is 0.733. The zero-order valence-corrected chi connectivity index (χ0v) is 25.5. The summed E-state index contributed by atoms with van der Waals surface area (Å²) in [6.45, 7) is 3.77. The lowest BCUT2D eigenvalue weighted by molar-refractivity contribution is 0.0734. The van der Waals surface area contributed by atoms with Crippen molar-refractivity contribution >= 4 is 35.1 Å². The van der Waals surface area contributed by atoms with E-state index in [1.54, 1.807) is 6.20 Å². The summed E-state index contributed by atoms with van der Waals surface area (Å²) in [6, 6.07) is 24.8. The van der Waals surface area contributed by atoms with Crippen molar-refractivity contribution in [2.75, 3.05) is 18.0 Å². The van der Waals surface area contributed by atoms with Crippen molar-refractivity contribution in [1.82, 2.24) is 14.9 Å². The molecule has 216 valence electrons. The Morgan fingerprint density at radius 1 is 0.881 bits per heavy atom. The van der Waals surface area contributed by atoms with Gasteiger partial charge in [0.25, 0.3) is 5.91 Å². The maximum atomic E-state index is 14.1. The number of nitrogens with zero attached hydrogens (tertiary/aromatic N) is 4. The first-order valence-corrected chi connectivity index (χ1v) is 15.7. The van der Waals surface area contributed by atoms with Crippen LogP contribution < -0.4 is 4.90 Å². The summed E-state index contributed by atoms with van der Waals surface area (Å²) in [6.07, 6.45) is 8.18. The number of benzene rings is 3. The lowest BCUT2D eigenvalue weighted by Gasteiger charge is -2.28. The average Bonchev–Trinajstić information content (AvgIpc) is 3.68. The number of carbonyl (C=O) groups is 1. The second-order valence-corrected chi connectivity index (χ2v) is 12.4. The molecular formula is C35H36Cl2N4O. The molecule has 4 aromatic rings. The molecule has 1 amide bonds. The minimum Gasteiger partial charge on any atom is -0.335 e. The molecule has 0 saturated carbocycles. The van der Waals surface area contributed by atoms with Crippen LogP contribution >= 0.6 is 23.2 Å². The van der Waals surface area contributed by atoms with Crippen LogP contribution in [0.15, 0.2) is 79.0 Å². The van der Waals surface area contributed by atoms with Crippen molar-refractivity contribution in [3.8, 4) is 0 Å². The minimum absolute atomic E-state index is 0.0356. The van der Waals surface area contributed by atoms with Gasteiger partial charge in [0, 0.05) is 35.4 Å². The standard InChI is InChI=1S/C35H36Cl2N4O/c1-24-6-2-3-7-26(24)14-19-32-31(34(42)40-20-4-8-30(40)22-25-10-15-28(36)16-11-25)23-38-35(39-32)41-21-5-9-33(41)27-12-17-29(37)18-13-27/h2-3,6-7,10-13,15-18,23,30,33H,4-5,8-9,14,19-22H2,1H3/t30-,33-/m1/s1. The Hall–Kier alpha value is -3.41. The second-order valence-electron chi connectivity index (χ2n) is 11.5. The second kappa shape index (κ2) is 12.8. The lowest BCUT2D eigenvalue weighted by atomic mass is 10.0. The van der Waals surface area contributed by atoms with E-state index in [1.165, 1.54) is 22.3 Å². The molecule has 3 aromatic carbocycles. The summed E-state index contributed by atoms with van der Waals surface area (Å²) in [7, 11) is 0. The molecule has 0 N–H and O–H groups in total. The van der Waals surface area contributed by atoms with Crippen molar-refractivity contribution in [3.63, 3.8) is 0 Å². The molecule has 6 rings (SSSR count). The fraction of sp³-hybridized carbons (Fsp3) is 0.343. The first kappa shape index (κ1) is 28.7. The average molecular weight is 600 g/mol. The number of carbonyl (C=O) groups excluding carboxylic acids is 1. The van der Waals surface area contributed by atoms with Crippen LogP contribution in [0.25, 0.3) is 0 Å². The number of hydrogen-bond donors (Lipinski definition) is 0. The summed E-state index contributed by atoms with van der Waals surface area (Å²) in [4.78, 5) is 28.4. The fourth-order valence-electron chi connectivity index (χ4n) is 6.46. The van der Waals surface area contributed by atoms with Crippen LogP contribution in [0.5, 0.6) is 0 Å². The number of aryl methyl sites for hydroxylation is 3. The monoisotopic (exact) mass is 598 g/mol. The molecule has 2 atom stereocenters. The van der Waals surface area contributed by atoms with E-state index in [9.17, 15) is 4.79 Å². The lowest BCUT2D eigenvalue weighted by Crippen LogP contribution is -2.37. The van der Waals surface area contributed by atoms with Crippen molar-refractivity contribution in [3.05, 3.63) is 123 Å². The van der Waals surface area contributed by atoms with Gasteiger partial charge in [0.05, 0.1) is 17.3 Å². The molecule has 2 aliphatic heterocycles. The van der Waals surface area contributed by atoms with Crippen molar-refractivity contribution in [2.24, 2.45) is 0 Å². The first-order valence-electron chi connectivity index (χ1n) is 14.9. The summed E-state index contributed by atoms with van der Waals surface area (Å²) in [5.41, 5.74) is 6.38. The van der Waals surface area contributed by atoms with Crippen molar-refractivity contribution in [1.29, 1.82) is 0 Å². The van der Waals surface area contributed by atoms with Gasteiger partial charge >= 0.3 is 0 Å². The van der Waals surface area contributed by atoms with Crippen LogP contribution in [-0.4, -0.2) is 39.9 Å². The third kappa shape index (κ3) is 6.33. The van der Waals surface area contributed by atoms with E-state index in [0.717, 1.165) is 67.4 Å². The van der Waals surface area contributed by atoms with Gasteiger partial charge in [-0.15, -0.1) is 0 Å². The Morgan fingerprint density at radius 3 is 2.36 bits per heavy atom. The normalized spacial score (nSPS) is 18.5. The molecule has 2 aliphatic rings. The number of aromatic nitrogens is 2. The highest BCUT2D eigenvalue weighted by Gasteiger charge is 2.33. The van der Waals surface area contributed by atoms with Crippen molar-refractivity contribution in [2.45, 2.75) is 64.0 Å².